The van der Waals surface area contributed by atoms with E-state index in [0.29, 0.717) is 18.3 Å². The lowest BCUT2D eigenvalue weighted by molar-refractivity contribution is 0.302. The fourth-order valence-electron chi connectivity index (χ4n) is 3.39. The second-order valence-electron chi connectivity index (χ2n) is 7.08. The van der Waals surface area contributed by atoms with Crippen molar-refractivity contribution in [3.05, 3.63) is 47.9 Å². The van der Waals surface area contributed by atoms with E-state index in [9.17, 15) is 0 Å². The summed E-state index contributed by atoms with van der Waals surface area (Å²) in [6.07, 6.45) is 12.9. The molecule has 6 heteroatoms. The highest BCUT2D eigenvalue weighted by atomic mass is 16.5. The van der Waals surface area contributed by atoms with E-state index in [1.807, 2.05) is 24.3 Å². The van der Waals surface area contributed by atoms with E-state index in [4.69, 9.17) is 15.7 Å². The normalized spacial score (nSPS) is 16.2. The van der Waals surface area contributed by atoms with E-state index in [-0.39, 0.29) is 12.0 Å². The number of benzene rings is 1. The third-order valence-electron chi connectivity index (χ3n) is 4.99. The van der Waals surface area contributed by atoms with Gasteiger partial charge < -0.3 is 15.2 Å². The first-order valence-corrected chi connectivity index (χ1v) is 9.89. The second-order valence-corrected chi connectivity index (χ2v) is 7.08. The monoisotopic (exact) mass is 367 g/mol. The first kappa shape index (κ1) is 19.1. The van der Waals surface area contributed by atoms with Crippen LogP contribution in [0.4, 0.5) is 0 Å². The van der Waals surface area contributed by atoms with Crippen LogP contribution in [0.3, 0.4) is 0 Å². The number of guanidine groups is 1. The van der Waals surface area contributed by atoms with Crippen molar-refractivity contribution in [3.63, 3.8) is 0 Å². The molecule has 6 nitrogen and oxygen atoms in total. The fourth-order valence-corrected chi connectivity index (χ4v) is 3.39. The molecule has 0 saturated heterocycles. The molecule has 0 aliphatic carbocycles. The molecule has 0 spiro atoms. The highest BCUT2D eigenvalue weighted by Gasteiger charge is 2.27. The molecule has 3 rings (SSSR count). The number of nitrogens with one attached hydrogen (secondary N) is 1. The second kappa shape index (κ2) is 9.35. The summed E-state index contributed by atoms with van der Waals surface area (Å²) in [5, 5.41) is 11.7. The molecule has 144 valence electrons. The third-order valence-corrected chi connectivity index (χ3v) is 4.99. The van der Waals surface area contributed by atoms with Gasteiger partial charge >= 0.3 is 0 Å². The maximum absolute atomic E-state index is 7.64. The fraction of sp³-hybridized carbons (Fsp3) is 0.476. The van der Waals surface area contributed by atoms with Gasteiger partial charge in [-0.15, -0.1) is 0 Å². The van der Waals surface area contributed by atoms with Crippen molar-refractivity contribution in [2.75, 3.05) is 6.54 Å². The Labute approximate surface area is 161 Å². The molecule has 1 aromatic heterocycles. The molecule has 0 amide bonds. The summed E-state index contributed by atoms with van der Waals surface area (Å²) in [4.78, 5) is 6.22. The number of unbranched alkanes of at least 4 members (excludes halogenated alkanes) is 5. The van der Waals surface area contributed by atoms with Gasteiger partial charge in [0.2, 0.25) is 5.82 Å². The molecule has 0 fully saturated rings. The smallest absolute Gasteiger partial charge is 0.253 e. The summed E-state index contributed by atoms with van der Waals surface area (Å²) in [6, 6.07) is 8.14. The van der Waals surface area contributed by atoms with Gasteiger partial charge in [0.25, 0.3) is 5.89 Å². The zero-order chi connectivity index (χ0) is 19.1. The average molecular weight is 367 g/mol. The van der Waals surface area contributed by atoms with Crippen molar-refractivity contribution >= 4 is 5.96 Å². The van der Waals surface area contributed by atoms with Gasteiger partial charge in [0, 0.05) is 12.1 Å². The lowest BCUT2D eigenvalue weighted by Gasteiger charge is -2.21. The van der Waals surface area contributed by atoms with E-state index in [2.05, 4.69) is 29.2 Å². The van der Waals surface area contributed by atoms with E-state index >= 15 is 0 Å². The van der Waals surface area contributed by atoms with E-state index < -0.39 is 0 Å². The molecule has 1 aliphatic rings. The van der Waals surface area contributed by atoms with Crippen LogP contribution in [0.25, 0.3) is 11.4 Å². The van der Waals surface area contributed by atoms with E-state index in [1.165, 1.54) is 44.1 Å². The number of rotatable bonds is 9. The van der Waals surface area contributed by atoms with E-state index in [0.717, 1.165) is 12.0 Å². The molecule has 2 aromatic rings. The molecule has 1 aromatic carbocycles. The maximum Gasteiger partial charge on any atom is 0.253 e. The van der Waals surface area contributed by atoms with Gasteiger partial charge in [-0.05, 0) is 18.4 Å². The quantitative estimate of drug-likeness (QED) is 0.296. The first-order valence-electron chi connectivity index (χ1n) is 9.89. The van der Waals surface area contributed by atoms with Gasteiger partial charge in [0.15, 0.2) is 5.96 Å². The van der Waals surface area contributed by atoms with Crippen molar-refractivity contribution in [2.45, 2.75) is 57.9 Å². The predicted molar refractivity (Wildman–Crippen MR) is 107 cm³/mol. The highest BCUT2D eigenvalue weighted by Crippen LogP contribution is 2.27. The molecule has 2 heterocycles. The van der Waals surface area contributed by atoms with Crippen LogP contribution >= 0.6 is 0 Å². The Morgan fingerprint density at radius 2 is 1.93 bits per heavy atom. The Balaban J connectivity index is 1.56. The largest absolute Gasteiger partial charge is 0.370 e. The summed E-state index contributed by atoms with van der Waals surface area (Å²) < 4.78 is 5.42. The van der Waals surface area contributed by atoms with Crippen LogP contribution in [0.15, 0.2) is 40.9 Å². The van der Waals surface area contributed by atoms with Gasteiger partial charge in [-0.25, -0.2) is 0 Å². The van der Waals surface area contributed by atoms with Crippen molar-refractivity contribution in [1.82, 2.24) is 15.0 Å². The molecule has 0 unspecified atom stereocenters. The van der Waals surface area contributed by atoms with Crippen molar-refractivity contribution < 1.29 is 4.52 Å². The van der Waals surface area contributed by atoms with Crippen LogP contribution < -0.4 is 5.73 Å². The standard InChI is InChI=1S/C21H29N5O/c1-2-3-4-5-6-7-9-16-11-13-17(14-12-16)19-24-20(27-25-19)18-10-8-15-26(18)21(22)23/h8,10-14,18H,2-7,9,15H2,1H3,(H3,22,23)/t18-/m0/s1. The number of nitrogens with zero attached hydrogens (tertiary/aromatic N) is 3. The minimum Gasteiger partial charge on any atom is -0.370 e. The number of nitrogens with two attached hydrogens (primary N) is 1. The Kier molecular flexibility index (Phi) is 6.63. The minimum absolute atomic E-state index is 0.00352. The summed E-state index contributed by atoms with van der Waals surface area (Å²) >= 11 is 0. The lowest BCUT2D eigenvalue weighted by atomic mass is 10.0. The van der Waals surface area contributed by atoms with Crippen molar-refractivity contribution in [2.24, 2.45) is 5.73 Å². The van der Waals surface area contributed by atoms with E-state index in [1.54, 1.807) is 4.90 Å². The summed E-state index contributed by atoms with van der Waals surface area (Å²) in [5.41, 5.74) is 7.90. The average Bonchev–Trinajstić information content (AvgIpc) is 3.34. The molecule has 0 radical (unpaired) electrons. The molecule has 0 saturated carbocycles. The first-order chi connectivity index (χ1) is 13.2. The Bertz CT molecular complexity index is 765. The maximum atomic E-state index is 7.64. The molecular weight excluding hydrogens is 338 g/mol. The highest BCUT2D eigenvalue weighted by molar-refractivity contribution is 5.76. The van der Waals surface area contributed by atoms with Crippen LogP contribution in [0, 0.1) is 5.41 Å². The Morgan fingerprint density at radius 1 is 1.19 bits per heavy atom. The molecule has 1 atom stereocenters. The minimum atomic E-state index is -0.254. The number of aromatic nitrogens is 2. The molecular formula is C21H29N5O. The molecule has 1 aliphatic heterocycles. The van der Waals surface area contributed by atoms with Crippen LogP contribution in [0.2, 0.25) is 0 Å². The van der Waals surface area contributed by atoms with Crippen LogP contribution in [-0.2, 0) is 6.42 Å². The van der Waals surface area contributed by atoms with Crippen LogP contribution in [0.1, 0.15) is 62.9 Å². The van der Waals surface area contributed by atoms with Gasteiger partial charge in [-0.3, -0.25) is 5.41 Å². The van der Waals surface area contributed by atoms with Crippen molar-refractivity contribution in [3.8, 4) is 11.4 Å². The summed E-state index contributed by atoms with van der Waals surface area (Å²) in [6.45, 7) is 2.84. The Hall–Kier alpha value is -2.63. The zero-order valence-corrected chi connectivity index (χ0v) is 16.0. The predicted octanol–water partition coefficient (Wildman–Crippen LogP) is 4.45. The van der Waals surface area contributed by atoms with Gasteiger partial charge in [0.05, 0.1) is 0 Å². The molecule has 3 N–H and O–H groups in total. The SMILES string of the molecule is CCCCCCCCc1ccc(-c2noc([C@@H]3C=CCN3C(=N)N)n2)cc1. The molecule has 0 bridgehead atoms. The zero-order valence-electron chi connectivity index (χ0n) is 16.0. The van der Waals surface area contributed by atoms with Crippen molar-refractivity contribution in [1.29, 1.82) is 5.41 Å². The van der Waals surface area contributed by atoms with Crippen LogP contribution in [-0.4, -0.2) is 27.5 Å². The van der Waals surface area contributed by atoms with Gasteiger partial charge in [-0.2, -0.15) is 4.98 Å². The summed E-state index contributed by atoms with van der Waals surface area (Å²) in [7, 11) is 0. The lowest BCUT2D eigenvalue weighted by Crippen LogP contribution is -2.36. The number of hydrogen-bond acceptors (Lipinski definition) is 4. The van der Waals surface area contributed by atoms with Crippen LogP contribution in [0.5, 0.6) is 0 Å². The van der Waals surface area contributed by atoms with Gasteiger partial charge in [0.1, 0.15) is 6.04 Å². The summed E-state index contributed by atoms with van der Waals surface area (Å²) in [5.74, 6) is 1.04. The topological polar surface area (TPSA) is 92.0 Å². The third kappa shape index (κ3) is 4.96. The molecule has 27 heavy (non-hydrogen) atoms. The van der Waals surface area contributed by atoms with Gasteiger partial charge in [-0.1, -0.05) is 80.6 Å². The number of hydrogen-bond donors (Lipinski definition) is 2. The number of aryl methyl sites for hydroxylation is 1. The Morgan fingerprint density at radius 3 is 2.67 bits per heavy atom.